The predicted octanol–water partition coefficient (Wildman–Crippen LogP) is 0.854. The lowest BCUT2D eigenvalue weighted by Gasteiger charge is -2.36. The first-order chi connectivity index (χ1) is 11.6. The Morgan fingerprint density at radius 3 is 2.64 bits per heavy atom. The number of hydrogen-bond donors (Lipinski definition) is 1. The minimum absolute atomic E-state index is 0. The first-order valence-electron chi connectivity index (χ1n) is 8.45. The predicted molar refractivity (Wildman–Crippen MR) is 108 cm³/mol. The van der Waals surface area contributed by atoms with E-state index in [-0.39, 0.29) is 29.9 Å². The van der Waals surface area contributed by atoms with E-state index in [0.29, 0.717) is 13.0 Å². The van der Waals surface area contributed by atoms with Crippen LogP contribution in [0, 0.1) is 0 Å². The van der Waals surface area contributed by atoms with Crippen molar-refractivity contribution in [2.45, 2.75) is 19.9 Å². The van der Waals surface area contributed by atoms with Crippen LogP contribution < -0.4 is 5.32 Å². The van der Waals surface area contributed by atoms with Gasteiger partial charge in [-0.1, -0.05) is 5.16 Å². The van der Waals surface area contributed by atoms with Crippen LogP contribution in [-0.4, -0.2) is 85.1 Å². The number of carbonyl (C=O) groups is 1. The molecule has 0 unspecified atom stereocenters. The summed E-state index contributed by atoms with van der Waals surface area (Å²) in [6.07, 6.45) is 2.05. The zero-order valence-electron chi connectivity index (χ0n) is 15.3. The van der Waals surface area contributed by atoms with E-state index < -0.39 is 0 Å². The minimum atomic E-state index is 0. The maximum absolute atomic E-state index is 11.7. The molecule has 1 saturated heterocycles. The van der Waals surface area contributed by atoms with Crippen LogP contribution >= 0.6 is 24.0 Å². The van der Waals surface area contributed by atoms with E-state index >= 15 is 0 Å². The Morgan fingerprint density at radius 2 is 2.08 bits per heavy atom. The van der Waals surface area contributed by atoms with Crippen LogP contribution in [0.5, 0.6) is 0 Å². The summed E-state index contributed by atoms with van der Waals surface area (Å²) in [4.78, 5) is 22.5. The fourth-order valence-corrected chi connectivity index (χ4v) is 2.57. The van der Waals surface area contributed by atoms with Crippen molar-refractivity contribution >= 4 is 35.8 Å². The molecule has 0 spiro atoms. The Kier molecular flexibility index (Phi) is 9.79. The van der Waals surface area contributed by atoms with Gasteiger partial charge in [0.15, 0.2) is 5.96 Å². The number of rotatable bonds is 6. The Hall–Kier alpha value is -1.36. The van der Waals surface area contributed by atoms with Crippen molar-refractivity contribution < 1.29 is 9.32 Å². The molecule has 25 heavy (non-hydrogen) atoms. The van der Waals surface area contributed by atoms with E-state index in [2.05, 4.69) is 32.2 Å². The van der Waals surface area contributed by atoms with Crippen molar-refractivity contribution in [1.29, 1.82) is 0 Å². The van der Waals surface area contributed by atoms with Crippen LogP contribution in [0.2, 0.25) is 0 Å². The van der Waals surface area contributed by atoms with Gasteiger partial charge in [-0.15, -0.1) is 24.0 Å². The molecular formula is C16H29IN6O2. The monoisotopic (exact) mass is 464 g/mol. The highest BCUT2D eigenvalue weighted by Gasteiger charge is 2.20. The van der Waals surface area contributed by atoms with Gasteiger partial charge in [0.2, 0.25) is 5.91 Å². The van der Waals surface area contributed by atoms with Crippen molar-refractivity contribution in [2.75, 3.05) is 53.4 Å². The molecule has 0 radical (unpaired) electrons. The average Bonchev–Trinajstić information content (AvgIpc) is 3.07. The number of aliphatic imine (C=N–C) groups is 1. The van der Waals surface area contributed by atoms with Gasteiger partial charge in [-0.3, -0.25) is 14.7 Å². The maximum atomic E-state index is 11.7. The van der Waals surface area contributed by atoms with Gasteiger partial charge in [-0.25, -0.2) is 0 Å². The van der Waals surface area contributed by atoms with E-state index in [4.69, 9.17) is 4.52 Å². The molecule has 1 aromatic rings. The van der Waals surface area contributed by atoms with Gasteiger partial charge in [0.25, 0.3) is 0 Å². The van der Waals surface area contributed by atoms with Crippen molar-refractivity contribution in [3.8, 4) is 0 Å². The second-order valence-electron chi connectivity index (χ2n) is 6.03. The van der Waals surface area contributed by atoms with Gasteiger partial charge in [-0.05, 0) is 6.92 Å². The lowest BCUT2D eigenvalue weighted by Crippen LogP contribution is -2.52. The van der Waals surface area contributed by atoms with Crippen LogP contribution in [0.1, 0.15) is 19.0 Å². The second kappa shape index (κ2) is 11.3. The lowest BCUT2D eigenvalue weighted by molar-refractivity contribution is -0.128. The fourth-order valence-electron chi connectivity index (χ4n) is 2.57. The molecule has 0 atom stereocenters. The molecular weight excluding hydrogens is 435 g/mol. The summed E-state index contributed by atoms with van der Waals surface area (Å²) >= 11 is 0. The van der Waals surface area contributed by atoms with E-state index in [1.165, 1.54) is 0 Å². The third-order valence-electron chi connectivity index (χ3n) is 3.97. The van der Waals surface area contributed by atoms with E-state index in [1.807, 2.05) is 6.07 Å². The Morgan fingerprint density at radius 1 is 1.36 bits per heavy atom. The van der Waals surface area contributed by atoms with Crippen molar-refractivity contribution in [1.82, 2.24) is 25.2 Å². The number of piperazine rings is 1. The smallest absolute Gasteiger partial charge is 0.223 e. The Labute approximate surface area is 166 Å². The summed E-state index contributed by atoms with van der Waals surface area (Å²) in [6.45, 7) is 7.92. The van der Waals surface area contributed by atoms with Gasteiger partial charge in [0, 0.05) is 65.9 Å². The van der Waals surface area contributed by atoms with Crippen molar-refractivity contribution in [2.24, 2.45) is 4.99 Å². The molecule has 1 aromatic heterocycles. The first-order valence-corrected chi connectivity index (χ1v) is 8.45. The number of halogens is 1. The number of guanidine groups is 1. The summed E-state index contributed by atoms with van der Waals surface area (Å²) in [5, 5.41) is 7.28. The topological polar surface area (TPSA) is 77.2 Å². The fraction of sp³-hybridized carbons (Fsp3) is 0.688. The molecule has 8 nitrogen and oxygen atoms in total. The molecule has 1 N–H and O–H groups in total. The molecule has 2 heterocycles. The second-order valence-corrected chi connectivity index (χ2v) is 6.03. The average molecular weight is 464 g/mol. The van der Waals surface area contributed by atoms with E-state index in [1.54, 1.807) is 25.3 Å². The summed E-state index contributed by atoms with van der Waals surface area (Å²) in [5.74, 6) is 0.997. The maximum Gasteiger partial charge on any atom is 0.223 e. The normalized spacial score (nSPS) is 15.6. The molecule has 9 heteroatoms. The third-order valence-corrected chi connectivity index (χ3v) is 3.97. The summed E-state index contributed by atoms with van der Waals surface area (Å²) in [6, 6.07) is 1.90. The van der Waals surface area contributed by atoms with Gasteiger partial charge >= 0.3 is 0 Å². The van der Waals surface area contributed by atoms with Crippen LogP contribution in [-0.2, 0) is 11.3 Å². The zero-order valence-corrected chi connectivity index (χ0v) is 17.6. The minimum Gasteiger partial charge on any atom is -0.364 e. The van der Waals surface area contributed by atoms with Gasteiger partial charge in [-0.2, -0.15) is 0 Å². The molecule has 0 aliphatic carbocycles. The first kappa shape index (κ1) is 21.7. The SMILES string of the molecule is CCNC(=NCCC(=O)N(C)C)N1CCN(Cc2ccon2)CC1.I. The van der Waals surface area contributed by atoms with Crippen LogP contribution in [0.25, 0.3) is 0 Å². The van der Waals surface area contributed by atoms with Crippen molar-refractivity contribution in [3.63, 3.8) is 0 Å². The Bertz CT molecular complexity index is 527. The molecule has 0 aromatic carbocycles. The largest absolute Gasteiger partial charge is 0.364 e. The van der Waals surface area contributed by atoms with Gasteiger partial charge in [0.05, 0.1) is 12.2 Å². The third kappa shape index (κ3) is 7.18. The molecule has 1 fully saturated rings. The molecule has 1 aliphatic heterocycles. The number of hydrogen-bond acceptors (Lipinski definition) is 5. The highest BCUT2D eigenvalue weighted by molar-refractivity contribution is 14.0. The number of aromatic nitrogens is 1. The number of nitrogens with one attached hydrogen (secondary N) is 1. The number of nitrogens with zero attached hydrogens (tertiary/aromatic N) is 5. The molecule has 0 saturated carbocycles. The highest BCUT2D eigenvalue weighted by atomic mass is 127. The van der Waals surface area contributed by atoms with Gasteiger partial charge < -0.3 is 19.6 Å². The Balaban J connectivity index is 0.00000312. The van der Waals surface area contributed by atoms with E-state index in [9.17, 15) is 4.79 Å². The number of carbonyl (C=O) groups excluding carboxylic acids is 1. The van der Waals surface area contributed by atoms with Gasteiger partial charge in [0.1, 0.15) is 6.26 Å². The summed E-state index contributed by atoms with van der Waals surface area (Å²) in [5.41, 5.74) is 0.964. The van der Waals surface area contributed by atoms with Crippen molar-refractivity contribution in [3.05, 3.63) is 18.0 Å². The standard InChI is InChI=1S/C16H28N6O2.HI/c1-4-17-16(18-7-5-15(23)20(2)3)22-10-8-21(9-11-22)13-14-6-12-24-19-14;/h6,12H,4-5,7-11,13H2,1-3H3,(H,17,18);1H. The molecule has 1 amide bonds. The zero-order chi connectivity index (χ0) is 17.4. The summed E-state index contributed by atoms with van der Waals surface area (Å²) < 4.78 is 4.88. The molecule has 0 bridgehead atoms. The van der Waals surface area contributed by atoms with Crippen LogP contribution in [0.15, 0.2) is 21.8 Å². The molecule has 1 aliphatic rings. The van der Waals surface area contributed by atoms with Crippen LogP contribution in [0.4, 0.5) is 0 Å². The van der Waals surface area contributed by atoms with E-state index in [0.717, 1.165) is 50.9 Å². The summed E-state index contributed by atoms with van der Waals surface area (Å²) in [7, 11) is 3.54. The molecule has 2 rings (SSSR count). The van der Waals surface area contributed by atoms with Crippen LogP contribution in [0.3, 0.4) is 0 Å². The highest BCUT2D eigenvalue weighted by Crippen LogP contribution is 2.07. The molecule has 142 valence electrons. The quantitative estimate of drug-likeness (QED) is 0.382. The lowest BCUT2D eigenvalue weighted by atomic mass is 10.3. The number of amides is 1.